The molecule has 1 aliphatic rings. The van der Waals surface area contributed by atoms with Crippen LogP contribution in [0.5, 0.6) is 0 Å². The molecule has 0 aliphatic heterocycles. The molecular formula is C15H25N3O2S. The Labute approximate surface area is 127 Å². The highest BCUT2D eigenvalue weighted by Gasteiger charge is 2.20. The van der Waals surface area contributed by atoms with Gasteiger partial charge in [-0.3, -0.25) is 0 Å². The molecule has 5 nitrogen and oxygen atoms in total. The summed E-state index contributed by atoms with van der Waals surface area (Å²) in [6, 6.07) is 7.38. The molecule has 1 fully saturated rings. The molecule has 0 atom stereocenters. The lowest BCUT2D eigenvalue weighted by Crippen LogP contribution is -2.37. The van der Waals surface area contributed by atoms with Gasteiger partial charge in [0.05, 0.1) is 4.90 Å². The van der Waals surface area contributed by atoms with E-state index in [0.29, 0.717) is 17.5 Å². The third kappa shape index (κ3) is 4.43. The van der Waals surface area contributed by atoms with Crippen LogP contribution in [0.2, 0.25) is 0 Å². The van der Waals surface area contributed by atoms with Crippen LogP contribution in [0.1, 0.15) is 25.7 Å². The molecule has 1 aromatic carbocycles. The summed E-state index contributed by atoms with van der Waals surface area (Å²) in [6.45, 7) is 1.20. The molecule has 0 spiro atoms. The number of likely N-dealkylation sites (N-methyl/N-ethyl adjacent to an activating group) is 1. The number of nitrogens with one attached hydrogen (secondary N) is 2. The molecule has 0 heterocycles. The molecule has 118 valence electrons. The lowest BCUT2D eigenvalue weighted by atomic mass is 10.2. The second-order valence-electron chi connectivity index (χ2n) is 5.59. The van der Waals surface area contributed by atoms with Gasteiger partial charge in [0.25, 0.3) is 0 Å². The first-order valence-corrected chi connectivity index (χ1v) is 8.99. The SMILES string of the molecule is CNc1ccc(S(=O)(=O)NCCN(C)C2CCCC2)cc1. The summed E-state index contributed by atoms with van der Waals surface area (Å²) >= 11 is 0. The van der Waals surface area contributed by atoms with E-state index >= 15 is 0 Å². The van der Waals surface area contributed by atoms with Crippen LogP contribution in [0, 0.1) is 0 Å². The fraction of sp³-hybridized carbons (Fsp3) is 0.600. The predicted molar refractivity (Wildman–Crippen MR) is 86.1 cm³/mol. The molecule has 0 radical (unpaired) electrons. The van der Waals surface area contributed by atoms with Crippen molar-refractivity contribution in [2.24, 2.45) is 0 Å². The Kier molecular flexibility index (Phi) is 5.61. The molecule has 6 heteroatoms. The minimum atomic E-state index is -3.41. The Morgan fingerprint density at radius 3 is 2.38 bits per heavy atom. The van der Waals surface area contributed by atoms with E-state index in [-0.39, 0.29) is 0 Å². The maximum atomic E-state index is 12.2. The van der Waals surface area contributed by atoms with E-state index in [9.17, 15) is 8.42 Å². The van der Waals surface area contributed by atoms with Gasteiger partial charge >= 0.3 is 0 Å². The molecular weight excluding hydrogens is 286 g/mol. The summed E-state index contributed by atoms with van der Waals surface area (Å²) in [7, 11) is 0.473. The van der Waals surface area contributed by atoms with E-state index in [0.717, 1.165) is 12.2 Å². The van der Waals surface area contributed by atoms with Gasteiger partial charge in [0.2, 0.25) is 10.0 Å². The Morgan fingerprint density at radius 2 is 1.81 bits per heavy atom. The first-order chi connectivity index (χ1) is 10.0. The maximum absolute atomic E-state index is 12.2. The molecule has 1 aromatic rings. The summed E-state index contributed by atoms with van der Waals surface area (Å²) in [4.78, 5) is 2.57. The van der Waals surface area contributed by atoms with Crippen LogP contribution in [-0.2, 0) is 10.0 Å². The first kappa shape index (κ1) is 16.3. The number of benzene rings is 1. The number of nitrogens with zero attached hydrogens (tertiary/aromatic N) is 1. The molecule has 0 unspecified atom stereocenters. The van der Waals surface area contributed by atoms with Crippen molar-refractivity contribution in [1.29, 1.82) is 0 Å². The van der Waals surface area contributed by atoms with E-state index in [4.69, 9.17) is 0 Å². The van der Waals surface area contributed by atoms with Gasteiger partial charge in [-0.1, -0.05) is 12.8 Å². The molecule has 0 saturated heterocycles. The highest BCUT2D eigenvalue weighted by atomic mass is 32.2. The van der Waals surface area contributed by atoms with E-state index in [1.807, 2.05) is 0 Å². The number of rotatable bonds is 7. The fourth-order valence-corrected chi connectivity index (χ4v) is 3.79. The molecule has 0 aromatic heterocycles. The summed E-state index contributed by atoms with van der Waals surface area (Å²) in [6.07, 6.45) is 5.04. The third-order valence-electron chi connectivity index (χ3n) is 4.16. The Morgan fingerprint density at radius 1 is 1.19 bits per heavy atom. The number of anilines is 1. The quantitative estimate of drug-likeness (QED) is 0.807. The highest BCUT2D eigenvalue weighted by molar-refractivity contribution is 7.89. The maximum Gasteiger partial charge on any atom is 0.240 e. The largest absolute Gasteiger partial charge is 0.388 e. The van der Waals surface area contributed by atoms with Crippen molar-refractivity contribution in [2.75, 3.05) is 32.5 Å². The zero-order valence-electron chi connectivity index (χ0n) is 12.8. The van der Waals surface area contributed by atoms with Crippen LogP contribution < -0.4 is 10.0 Å². The number of hydrogen-bond acceptors (Lipinski definition) is 4. The van der Waals surface area contributed by atoms with Crippen molar-refractivity contribution < 1.29 is 8.42 Å². The highest BCUT2D eigenvalue weighted by Crippen LogP contribution is 2.22. The monoisotopic (exact) mass is 311 g/mol. The number of sulfonamides is 1. The summed E-state index contributed by atoms with van der Waals surface area (Å²) in [5.74, 6) is 0. The van der Waals surface area contributed by atoms with Crippen LogP contribution in [-0.4, -0.2) is 46.5 Å². The van der Waals surface area contributed by atoms with Gasteiger partial charge in [0.1, 0.15) is 0 Å². The summed E-state index contributed by atoms with van der Waals surface area (Å²) in [5, 5.41) is 2.97. The van der Waals surface area contributed by atoms with E-state index < -0.39 is 10.0 Å². The average molecular weight is 311 g/mol. The Bertz CT molecular complexity index is 537. The third-order valence-corrected chi connectivity index (χ3v) is 5.63. The Hall–Kier alpha value is -1.11. The van der Waals surface area contributed by atoms with E-state index in [2.05, 4.69) is 22.0 Å². The lowest BCUT2D eigenvalue weighted by molar-refractivity contribution is 0.250. The predicted octanol–water partition coefficient (Wildman–Crippen LogP) is 1.88. The minimum absolute atomic E-state index is 0.310. The van der Waals surface area contributed by atoms with Gasteiger partial charge in [0, 0.05) is 31.9 Å². The molecule has 2 N–H and O–H groups in total. The van der Waals surface area contributed by atoms with Crippen LogP contribution in [0.4, 0.5) is 5.69 Å². The molecule has 0 bridgehead atoms. The average Bonchev–Trinajstić information content (AvgIpc) is 3.01. The summed E-state index contributed by atoms with van der Waals surface area (Å²) < 4.78 is 27.0. The van der Waals surface area contributed by atoms with Gasteiger partial charge in [-0.25, -0.2) is 13.1 Å². The van der Waals surface area contributed by atoms with Gasteiger partial charge in [-0.15, -0.1) is 0 Å². The molecule has 2 rings (SSSR count). The molecule has 1 aliphatic carbocycles. The molecule has 0 amide bonds. The van der Waals surface area contributed by atoms with Crippen molar-refractivity contribution in [3.8, 4) is 0 Å². The normalized spacial score (nSPS) is 16.5. The lowest BCUT2D eigenvalue weighted by Gasteiger charge is -2.23. The first-order valence-electron chi connectivity index (χ1n) is 7.50. The van der Waals surface area contributed by atoms with Gasteiger partial charge in [-0.05, 0) is 44.2 Å². The van der Waals surface area contributed by atoms with E-state index in [1.165, 1.54) is 25.7 Å². The smallest absolute Gasteiger partial charge is 0.240 e. The van der Waals surface area contributed by atoms with Crippen LogP contribution in [0.15, 0.2) is 29.2 Å². The van der Waals surface area contributed by atoms with Crippen molar-refractivity contribution in [3.63, 3.8) is 0 Å². The van der Waals surface area contributed by atoms with Gasteiger partial charge < -0.3 is 10.2 Å². The van der Waals surface area contributed by atoms with Crippen molar-refractivity contribution in [2.45, 2.75) is 36.6 Å². The van der Waals surface area contributed by atoms with Crippen LogP contribution in [0.3, 0.4) is 0 Å². The second kappa shape index (κ2) is 7.24. The zero-order chi connectivity index (χ0) is 15.3. The van der Waals surface area contributed by atoms with E-state index in [1.54, 1.807) is 31.3 Å². The topological polar surface area (TPSA) is 61.4 Å². The standard InChI is InChI=1S/C15H25N3O2S/c1-16-13-7-9-15(10-8-13)21(19,20)17-11-12-18(2)14-5-3-4-6-14/h7-10,14,16-17H,3-6,11-12H2,1-2H3. The van der Waals surface area contributed by atoms with Crippen LogP contribution >= 0.6 is 0 Å². The number of hydrogen-bond donors (Lipinski definition) is 2. The van der Waals surface area contributed by atoms with Crippen LogP contribution in [0.25, 0.3) is 0 Å². The zero-order valence-corrected chi connectivity index (χ0v) is 13.6. The van der Waals surface area contributed by atoms with Crippen molar-refractivity contribution in [3.05, 3.63) is 24.3 Å². The molecule has 21 heavy (non-hydrogen) atoms. The minimum Gasteiger partial charge on any atom is -0.388 e. The van der Waals surface area contributed by atoms with Gasteiger partial charge in [0.15, 0.2) is 0 Å². The van der Waals surface area contributed by atoms with Gasteiger partial charge in [-0.2, -0.15) is 0 Å². The molecule has 1 saturated carbocycles. The fourth-order valence-electron chi connectivity index (χ4n) is 2.77. The summed E-state index contributed by atoms with van der Waals surface area (Å²) in [5.41, 5.74) is 0.898. The van der Waals surface area contributed by atoms with Crippen molar-refractivity contribution >= 4 is 15.7 Å². The van der Waals surface area contributed by atoms with Crippen molar-refractivity contribution in [1.82, 2.24) is 9.62 Å². The second-order valence-corrected chi connectivity index (χ2v) is 7.36. The Balaban J connectivity index is 1.85.